The number of aromatic hydroxyl groups is 1. The molecule has 0 aliphatic carbocycles. The van der Waals surface area contributed by atoms with E-state index in [1.165, 1.54) is 0 Å². The molecule has 1 aliphatic rings. The summed E-state index contributed by atoms with van der Waals surface area (Å²) in [5.74, 6) is 1.07. The molecule has 0 amide bonds. The number of hydrogen-bond donors (Lipinski definition) is 1. The van der Waals surface area contributed by atoms with Crippen LogP contribution in [0, 0.1) is 0 Å². The number of fused-ring (bicyclic) bond motifs is 1. The third kappa shape index (κ3) is 3.55. The van der Waals surface area contributed by atoms with Crippen LogP contribution in [0.4, 0.5) is 0 Å². The maximum atomic E-state index is 13.3. The van der Waals surface area contributed by atoms with E-state index in [2.05, 4.69) is 11.0 Å². The average Bonchev–Trinajstić information content (AvgIpc) is 2.72. The molecule has 2 aromatic carbocycles. The number of rotatable bonds is 4. The van der Waals surface area contributed by atoms with Crippen LogP contribution < -0.4 is 0 Å². The van der Waals surface area contributed by atoms with Gasteiger partial charge in [0.2, 0.25) is 0 Å². The van der Waals surface area contributed by atoms with Crippen molar-refractivity contribution in [1.82, 2.24) is 4.90 Å². The first-order valence-electron chi connectivity index (χ1n) is 7.99. The molecule has 0 saturated carbocycles. The van der Waals surface area contributed by atoms with E-state index in [4.69, 9.17) is 0 Å². The van der Waals surface area contributed by atoms with Crippen molar-refractivity contribution in [2.75, 3.05) is 26.4 Å². The molecule has 1 N–H and O–H groups in total. The van der Waals surface area contributed by atoms with Gasteiger partial charge in [0, 0.05) is 28.3 Å². The Balaban J connectivity index is 2.16. The van der Waals surface area contributed by atoms with E-state index < -0.39 is 0 Å². The molecule has 1 heterocycles. The third-order valence-corrected chi connectivity index (χ3v) is 5.09. The van der Waals surface area contributed by atoms with Crippen molar-refractivity contribution in [3.63, 3.8) is 0 Å². The van der Waals surface area contributed by atoms with Crippen LogP contribution in [0.5, 0.6) is 5.75 Å². The highest BCUT2D eigenvalue weighted by molar-refractivity contribution is 7.99. The zero-order valence-corrected chi connectivity index (χ0v) is 14.8. The van der Waals surface area contributed by atoms with Gasteiger partial charge >= 0.3 is 0 Å². The minimum absolute atomic E-state index is 0.0160. The van der Waals surface area contributed by atoms with Crippen LogP contribution in [0.3, 0.4) is 0 Å². The molecule has 3 rings (SSSR count). The van der Waals surface area contributed by atoms with E-state index in [0.717, 1.165) is 40.3 Å². The first kappa shape index (κ1) is 16.8. The molecule has 0 fully saturated rings. The number of thioether (sulfide) groups is 1. The molecule has 1 aliphatic heterocycles. The number of likely N-dealkylation sites (N-methyl/N-ethyl adjacent to an activating group) is 1. The van der Waals surface area contributed by atoms with Gasteiger partial charge in [0.15, 0.2) is 5.78 Å². The van der Waals surface area contributed by atoms with Crippen molar-refractivity contribution in [2.45, 2.75) is 11.3 Å². The van der Waals surface area contributed by atoms with E-state index in [1.54, 1.807) is 36.0 Å². The molecule has 0 radical (unpaired) electrons. The van der Waals surface area contributed by atoms with E-state index in [1.807, 2.05) is 32.3 Å². The van der Waals surface area contributed by atoms with Crippen LogP contribution in [0.15, 0.2) is 59.0 Å². The predicted molar refractivity (Wildman–Crippen MR) is 99.7 cm³/mol. The molecule has 0 atom stereocenters. The molecule has 0 unspecified atom stereocenters. The van der Waals surface area contributed by atoms with Crippen LogP contribution in [0.25, 0.3) is 5.57 Å². The highest BCUT2D eigenvalue weighted by Gasteiger charge is 2.24. The topological polar surface area (TPSA) is 40.5 Å². The van der Waals surface area contributed by atoms with Gasteiger partial charge in [-0.3, -0.25) is 4.79 Å². The van der Waals surface area contributed by atoms with Crippen LogP contribution in [0.2, 0.25) is 0 Å². The number of ketones is 1. The highest BCUT2D eigenvalue weighted by atomic mass is 32.2. The monoisotopic (exact) mass is 339 g/mol. The number of nitrogens with zero attached hydrogens (tertiary/aromatic N) is 1. The van der Waals surface area contributed by atoms with Gasteiger partial charge in [0.05, 0.1) is 0 Å². The summed E-state index contributed by atoms with van der Waals surface area (Å²) in [5, 5.41) is 9.74. The Morgan fingerprint density at radius 3 is 2.71 bits per heavy atom. The van der Waals surface area contributed by atoms with Crippen molar-refractivity contribution in [1.29, 1.82) is 0 Å². The van der Waals surface area contributed by atoms with Crippen molar-refractivity contribution in [3.05, 3.63) is 65.2 Å². The van der Waals surface area contributed by atoms with Crippen molar-refractivity contribution in [3.8, 4) is 5.75 Å². The lowest BCUT2D eigenvalue weighted by Gasteiger charge is -2.17. The predicted octanol–water partition coefficient (Wildman–Crippen LogP) is 4.09. The number of allylic oxidation sites excluding steroid dienone is 1. The Labute approximate surface area is 147 Å². The summed E-state index contributed by atoms with van der Waals surface area (Å²) < 4.78 is 0. The SMILES string of the molecule is CN(C)CC1=C(C(=O)c2cccc(O)c2)c2ccccc2SCC1. The minimum atomic E-state index is -0.0160. The van der Waals surface area contributed by atoms with Crippen molar-refractivity contribution < 1.29 is 9.90 Å². The lowest BCUT2D eigenvalue weighted by atomic mass is 9.91. The largest absolute Gasteiger partial charge is 0.508 e. The smallest absolute Gasteiger partial charge is 0.193 e. The number of hydrogen-bond acceptors (Lipinski definition) is 4. The molecule has 3 nitrogen and oxygen atoms in total. The molecule has 4 heteroatoms. The zero-order valence-electron chi connectivity index (χ0n) is 14.0. The van der Waals surface area contributed by atoms with Gasteiger partial charge in [0.25, 0.3) is 0 Å². The molecular formula is C20H21NO2S. The van der Waals surface area contributed by atoms with Crippen LogP contribution >= 0.6 is 11.8 Å². The standard InChI is InChI=1S/C20H21NO2S/c1-21(2)13-15-10-11-24-18-9-4-3-8-17(18)19(15)20(23)14-6-5-7-16(22)12-14/h3-9,12,22H,10-11,13H2,1-2H3. The summed E-state index contributed by atoms with van der Waals surface area (Å²) in [6.45, 7) is 0.759. The highest BCUT2D eigenvalue weighted by Crippen LogP contribution is 2.37. The van der Waals surface area contributed by atoms with Crippen molar-refractivity contribution in [2.24, 2.45) is 0 Å². The first-order valence-corrected chi connectivity index (χ1v) is 8.97. The minimum Gasteiger partial charge on any atom is -0.508 e. The fourth-order valence-corrected chi connectivity index (χ4v) is 4.08. The number of Topliss-reactive ketones (excluding diaryl/α,β-unsaturated/α-hetero) is 1. The summed E-state index contributed by atoms with van der Waals surface area (Å²) in [4.78, 5) is 16.5. The number of phenolic OH excluding ortho intramolecular Hbond substituents is 1. The number of phenols is 1. The molecule has 0 aromatic heterocycles. The number of carbonyl (C=O) groups excluding carboxylic acids is 1. The van der Waals surface area contributed by atoms with E-state index in [0.29, 0.717) is 5.56 Å². The molecule has 0 spiro atoms. The molecule has 0 saturated heterocycles. The Hall–Kier alpha value is -2.04. The Kier molecular flexibility index (Phi) is 5.07. The lowest BCUT2D eigenvalue weighted by molar-refractivity contribution is 0.105. The van der Waals surface area contributed by atoms with Gasteiger partial charge in [-0.15, -0.1) is 11.8 Å². The summed E-state index contributed by atoms with van der Waals surface area (Å²) >= 11 is 1.80. The summed E-state index contributed by atoms with van der Waals surface area (Å²) in [7, 11) is 4.04. The lowest BCUT2D eigenvalue weighted by Crippen LogP contribution is -2.18. The second kappa shape index (κ2) is 7.24. The Morgan fingerprint density at radius 2 is 1.96 bits per heavy atom. The second-order valence-corrected chi connectivity index (χ2v) is 7.33. The molecule has 0 bridgehead atoms. The second-order valence-electron chi connectivity index (χ2n) is 6.19. The van der Waals surface area contributed by atoms with Gasteiger partial charge in [-0.25, -0.2) is 0 Å². The number of carbonyl (C=O) groups is 1. The van der Waals surface area contributed by atoms with Crippen LogP contribution in [-0.4, -0.2) is 42.2 Å². The average molecular weight is 339 g/mol. The van der Waals surface area contributed by atoms with E-state index in [9.17, 15) is 9.90 Å². The maximum Gasteiger partial charge on any atom is 0.193 e. The fourth-order valence-electron chi connectivity index (χ4n) is 3.01. The first-order chi connectivity index (χ1) is 11.6. The summed E-state index contributed by atoms with van der Waals surface area (Å²) in [6.07, 6.45) is 0.886. The van der Waals surface area contributed by atoms with Crippen LogP contribution in [0.1, 0.15) is 22.3 Å². The Bertz CT molecular complexity index is 796. The molecule has 24 heavy (non-hydrogen) atoms. The molecule has 124 valence electrons. The number of benzene rings is 2. The van der Waals surface area contributed by atoms with Crippen molar-refractivity contribution >= 4 is 23.1 Å². The summed E-state index contributed by atoms with van der Waals surface area (Å²) in [5.41, 5.74) is 3.48. The third-order valence-electron chi connectivity index (χ3n) is 4.01. The molecular weight excluding hydrogens is 318 g/mol. The van der Waals surface area contributed by atoms with Crippen LogP contribution in [-0.2, 0) is 0 Å². The van der Waals surface area contributed by atoms with E-state index >= 15 is 0 Å². The van der Waals surface area contributed by atoms with Gasteiger partial charge < -0.3 is 10.0 Å². The van der Waals surface area contributed by atoms with Gasteiger partial charge in [-0.05, 0) is 49.9 Å². The normalized spacial score (nSPS) is 14.5. The fraction of sp³-hybridized carbons (Fsp3) is 0.250. The summed E-state index contributed by atoms with van der Waals surface area (Å²) in [6, 6.07) is 14.7. The maximum absolute atomic E-state index is 13.3. The quantitative estimate of drug-likeness (QED) is 0.852. The van der Waals surface area contributed by atoms with Gasteiger partial charge in [-0.1, -0.05) is 30.3 Å². The van der Waals surface area contributed by atoms with Gasteiger partial charge in [-0.2, -0.15) is 0 Å². The molecule has 2 aromatic rings. The van der Waals surface area contributed by atoms with Gasteiger partial charge in [0.1, 0.15) is 5.75 Å². The zero-order chi connectivity index (χ0) is 17.1. The Morgan fingerprint density at radius 1 is 1.17 bits per heavy atom. The van der Waals surface area contributed by atoms with E-state index in [-0.39, 0.29) is 11.5 Å².